The molecule has 8 heterocycles. The molecule has 108 heavy (non-hydrogen) atoms. The van der Waals surface area contributed by atoms with Crippen LogP contribution in [0.3, 0.4) is 0 Å². The summed E-state index contributed by atoms with van der Waals surface area (Å²) in [6.45, 7) is 40.6. The van der Waals surface area contributed by atoms with Crippen LogP contribution in [0, 0.1) is 65.8 Å². The molecule has 27 nitrogen and oxygen atoms in total. The minimum atomic E-state index is -0.438. The number of amides is 3. The lowest BCUT2D eigenvalue weighted by Crippen LogP contribution is -2.55. The number of hydrogen-bond donors (Lipinski definition) is 5. The van der Waals surface area contributed by atoms with Gasteiger partial charge < -0.3 is 69.7 Å². The molecule has 0 spiro atoms. The minimum Gasteiger partial charge on any atom is -0.444 e. The van der Waals surface area contributed by atoms with Crippen LogP contribution in [0.2, 0.25) is 0 Å². The predicted molar refractivity (Wildman–Crippen MR) is 407 cm³/mol. The van der Waals surface area contributed by atoms with Gasteiger partial charge in [-0.2, -0.15) is 15.2 Å². The summed E-state index contributed by atoms with van der Waals surface area (Å²) in [6.07, 6.45) is -0.574. The summed E-state index contributed by atoms with van der Waals surface area (Å²) in [5.41, 5.74) is 15.3. The number of carbonyl (C=O) groups is 3. The second-order valence-electron chi connectivity index (χ2n) is 30.3. The number of nitriles is 1. The van der Waals surface area contributed by atoms with Crippen molar-refractivity contribution in [3.8, 4) is 28.8 Å². The SMILES string of the molecule is CC(C)(C)OC(=O)N1CCN(CC2CN(c3ccc(C(=N)N)cc3)C2)CC1.CC(C)(C)OC(=O)N1CCN(CC2CNC2)CC1.Cc1nc(-c2ccc(F)cc2)no1.Cc1nc(-c2ccc(N3CC(CN4CCN(C(=O)OC(C)(C)C)CC4)C3)cc2)no1.N#Cc1ccc(F)cc1.N/C(=N\O)c1ccc(F)cc1. The third-order valence-corrected chi connectivity index (χ3v) is 17.8. The maximum absolute atomic E-state index is 12.5. The van der Waals surface area contributed by atoms with Crippen molar-refractivity contribution in [1.29, 1.82) is 10.7 Å². The van der Waals surface area contributed by atoms with Crippen LogP contribution in [0.4, 0.5) is 38.9 Å². The maximum Gasteiger partial charge on any atom is 0.410 e. The number of nitrogens with two attached hydrogens (primary N) is 2. The number of aryl methyl sites for hydroxylation is 2. The first kappa shape index (κ1) is 83.3. The second-order valence-corrected chi connectivity index (χ2v) is 30.3. The van der Waals surface area contributed by atoms with Gasteiger partial charge in [0.15, 0.2) is 5.84 Å². The number of amidine groups is 2. The first-order valence-corrected chi connectivity index (χ1v) is 36.4. The van der Waals surface area contributed by atoms with Gasteiger partial charge in [-0.05, 0) is 190 Å². The Hall–Kier alpha value is -10.4. The largest absolute Gasteiger partial charge is 0.444 e. The molecule has 0 radical (unpaired) electrons. The Morgan fingerprint density at radius 1 is 0.519 bits per heavy atom. The molecule has 7 N–H and O–H groups in total. The average Bonchev–Trinajstić information content (AvgIpc) is 0.883. The summed E-state index contributed by atoms with van der Waals surface area (Å²) < 4.78 is 63.1. The van der Waals surface area contributed by atoms with E-state index in [4.69, 9.17) is 50.6 Å². The Morgan fingerprint density at radius 3 is 1.13 bits per heavy atom. The molecule has 3 amide bonds. The summed E-state index contributed by atoms with van der Waals surface area (Å²) in [5.74, 6) is 3.46. The number of ether oxygens (including phenoxy) is 3. The van der Waals surface area contributed by atoms with E-state index in [9.17, 15) is 27.6 Å². The Balaban J connectivity index is 0.000000172. The monoisotopic (exact) mass is 1490 g/mol. The van der Waals surface area contributed by atoms with Gasteiger partial charge in [0.2, 0.25) is 23.4 Å². The van der Waals surface area contributed by atoms with Gasteiger partial charge in [-0.3, -0.25) is 20.1 Å². The highest BCUT2D eigenvalue weighted by Gasteiger charge is 2.34. The number of rotatable bonds is 12. The Bertz CT molecular complexity index is 4030. The molecular formula is C78H105F3N18O9. The van der Waals surface area contributed by atoms with Gasteiger partial charge in [0.05, 0.1) is 11.6 Å². The number of carbonyl (C=O) groups excluding carboxylic acids is 3. The lowest BCUT2D eigenvalue weighted by Gasteiger charge is -2.44. The van der Waals surface area contributed by atoms with E-state index in [1.54, 1.807) is 26.0 Å². The summed E-state index contributed by atoms with van der Waals surface area (Å²) >= 11 is 0. The number of nitrogens with zero attached hydrogens (tertiary/aromatic N) is 14. The average molecular weight is 1500 g/mol. The van der Waals surface area contributed by atoms with E-state index in [-0.39, 0.29) is 47.4 Å². The summed E-state index contributed by atoms with van der Waals surface area (Å²) in [4.78, 5) is 62.1. The number of nitrogen functional groups attached to an aromatic ring is 1. The molecule has 6 saturated heterocycles. The zero-order valence-corrected chi connectivity index (χ0v) is 63.9. The zero-order valence-electron chi connectivity index (χ0n) is 63.9. The van der Waals surface area contributed by atoms with Crippen LogP contribution in [0.1, 0.15) is 90.8 Å². The van der Waals surface area contributed by atoms with Crippen LogP contribution >= 0.6 is 0 Å². The third-order valence-electron chi connectivity index (χ3n) is 17.8. The number of benzene rings is 5. The summed E-state index contributed by atoms with van der Waals surface area (Å²) in [6, 6.07) is 34.8. The van der Waals surface area contributed by atoms with Crippen molar-refractivity contribution in [1.82, 2.24) is 55.0 Å². The van der Waals surface area contributed by atoms with Crippen LogP contribution in [-0.4, -0.2) is 239 Å². The number of hydrogen-bond acceptors (Lipinski definition) is 22. The molecule has 0 bridgehead atoms. The molecule has 6 aliphatic heterocycles. The first-order chi connectivity index (χ1) is 51.2. The fraction of sp³-hybridized carbons (Fsp3) is 0.487. The third kappa shape index (κ3) is 27.5. The fourth-order valence-corrected chi connectivity index (χ4v) is 12.0. The fourth-order valence-electron chi connectivity index (χ4n) is 12.0. The van der Waals surface area contributed by atoms with E-state index in [1.807, 2.05) is 119 Å². The van der Waals surface area contributed by atoms with Crippen LogP contribution in [0.5, 0.6) is 0 Å². The molecule has 6 fully saturated rings. The van der Waals surface area contributed by atoms with Crippen molar-refractivity contribution in [3.05, 3.63) is 167 Å². The van der Waals surface area contributed by atoms with Crippen molar-refractivity contribution in [3.63, 3.8) is 0 Å². The number of aromatic nitrogens is 4. The highest BCUT2D eigenvalue weighted by Crippen LogP contribution is 2.30. The van der Waals surface area contributed by atoms with Gasteiger partial charge in [-0.1, -0.05) is 15.5 Å². The molecule has 0 saturated carbocycles. The Kier molecular flexibility index (Phi) is 30.0. The zero-order chi connectivity index (χ0) is 78.3. The number of nitrogens with one attached hydrogen (secondary N) is 2. The molecule has 5 aromatic carbocycles. The standard InChI is InChI=1S/C22H31N5O3.C20H31N5O2.C13H25N3O2.C9H7FN2O.C7H7FN2O.C7H4FN/c1-16-23-20(24-30-16)18-5-7-19(8-6-18)27-14-17(15-27)13-25-9-11-26(12-10-25)21(28)29-22(2,3)4;1-20(2,3)27-19(26)24-10-8-23(9-11-24)12-15-13-25(14-15)17-6-4-16(5-7-17)18(21)22;1-13(2,3)18-12(17)16-6-4-15(5-7-16)10-11-8-14-9-11;1-6-11-9(12-13-6)7-2-4-8(10)5-3-7;8-6-3-1-5(2-4-6)7(9)10-11;8-7-3-1-6(5-9)2-4-7/h5-8,17H,9-15H2,1-4H3;4-7,15H,8-14H2,1-3H3,(H3,21,22);11,14H,4-10H2,1-3H3;2-5H,1H3;1-4,11H,(H2,9,10);1-4H. The van der Waals surface area contributed by atoms with E-state index in [1.165, 1.54) is 72.0 Å². The highest BCUT2D eigenvalue weighted by atomic mass is 19.1. The van der Waals surface area contributed by atoms with Gasteiger partial charge in [-0.25, -0.2) is 27.6 Å². The minimum absolute atomic E-state index is 0.0231. The molecule has 6 aliphatic rings. The summed E-state index contributed by atoms with van der Waals surface area (Å²) in [5, 5.41) is 37.7. The number of halogens is 3. The first-order valence-electron chi connectivity index (χ1n) is 36.4. The van der Waals surface area contributed by atoms with Crippen LogP contribution in [0.15, 0.2) is 136 Å². The number of oxime groups is 1. The van der Waals surface area contributed by atoms with Crippen molar-refractivity contribution in [2.45, 2.75) is 93.0 Å². The number of piperazine rings is 3. The topological polar surface area (TPSA) is 327 Å². The molecule has 30 heteroatoms. The van der Waals surface area contributed by atoms with Crippen molar-refractivity contribution < 1.29 is 56.0 Å². The van der Waals surface area contributed by atoms with Gasteiger partial charge in [0.25, 0.3) is 0 Å². The molecule has 2 aromatic heterocycles. The van der Waals surface area contributed by atoms with E-state index in [2.05, 4.69) is 67.4 Å². The van der Waals surface area contributed by atoms with Crippen LogP contribution < -0.4 is 26.6 Å². The van der Waals surface area contributed by atoms with E-state index < -0.39 is 16.8 Å². The summed E-state index contributed by atoms with van der Waals surface area (Å²) in [7, 11) is 0. The Labute approximate surface area is 631 Å². The molecule has 582 valence electrons. The lowest BCUT2D eigenvalue weighted by molar-refractivity contribution is 0.0118. The molecule has 0 atom stereocenters. The number of anilines is 2. The van der Waals surface area contributed by atoms with Crippen LogP contribution in [0.25, 0.3) is 22.8 Å². The second kappa shape index (κ2) is 39.0. The van der Waals surface area contributed by atoms with Crippen molar-refractivity contribution in [2.75, 3.05) is 147 Å². The quantitative estimate of drug-likeness (QED) is 0.0249. The van der Waals surface area contributed by atoms with Crippen LogP contribution in [-0.2, 0) is 14.2 Å². The smallest absolute Gasteiger partial charge is 0.410 e. The normalized spacial score (nSPS) is 16.8. The Morgan fingerprint density at radius 2 is 0.833 bits per heavy atom. The molecule has 13 rings (SSSR count). The van der Waals surface area contributed by atoms with Crippen molar-refractivity contribution in [2.24, 2.45) is 34.4 Å². The van der Waals surface area contributed by atoms with Gasteiger partial charge in [-0.15, -0.1) is 0 Å². The highest BCUT2D eigenvalue weighted by molar-refractivity contribution is 5.97. The maximum atomic E-state index is 12.5. The molecule has 0 unspecified atom stereocenters. The van der Waals surface area contributed by atoms with Crippen molar-refractivity contribution >= 4 is 41.3 Å². The molecule has 0 aliphatic carbocycles. The van der Waals surface area contributed by atoms with E-state index in [0.717, 1.165) is 160 Å². The van der Waals surface area contributed by atoms with Gasteiger partial charge >= 0.3 is 18.3 Å². The lowest BCUT2D eigenvalue weighted by atomic mass is 9.97. The van der Waals surface area contributed by atoms with Gasteiger partial charge in [0, 0.05) is 197 Å². The molecule has 7 aromatic rings. The molecular weight excluding hydrogens is 1390 g/mol. The van der Waals surface area contributed by atoms with E-state index >= 15 is 0 Å². The predicted octanol–water partition coefficient (Wildman–Crippen LogP) is 10.6. The van der Waals surface area contributed by atoms with E-state index in [0.29, 0.717) is 46.4 Å². The van der Waals surface area contributed by atoms with Gasteiger partial charge in [0.1, 0.15) is 40.1 Å².